The minimum absolute atomic E-state index is 0.00319. The van der Waals surface area contributed by atoms with Crippen LogP contribution in [0.4, 0.5) is 10.1 Å². The van der Waals surface area contributed by atoms with Crippen molar-refractivity contribution in [2.45, 2.75) is 71.5 Å². The molecule has 0 aromatic heterocycles. The topological polar surface area (TPSA) is 103 Å². The molecular formula is C40H42ClFN2O6. The molecule has 0 saturated heterocycles. The summed E-state index contributed by atoms with van der Waals surface area (Å²) in [5.74, 6) is -2.09. The monoisotopic (exact) mass is 700 g/mol. The molecule has 0 radical (unpaired) electrons. The predicted octanol–water partition coefficient (Wildman–Crippen LogP) is 8.88. The molecule has 0 spiro atoms. The summed E-state index contributed by atoms with van der Waals surface area (Å²) in [6, 6.07) is 21.1. The maximum atomic E-state index is 15.3. The number of hydrogen-bond donors (Lipinski definition) is 2. The number of anilines is 1. The normalized spacial score (nSPS) is 19.6. The summed E-state index contributed by atoms with van der Waals surface area (Å²) in [4.78, 5) is 40.1. The van der Waals surface area contributed by atoms with Gasteiger partial charge in [0, 0.05) is 12.6 Å². The lowest BCUT2D eigenvalue weighted by Gasteiger charge is -2.38. The van der Waals surface area contributed by atoms with Gasteiger partial charge in [-0.3, -0.25) is 14.4 Å². The number of hydrogen-bond acceptors (Lipinski definition) is 6. The minimum Gasteiger partial charge on any atom is -0.496 e. The van der Waals surface area contributed by atoms with Crippen LogP contribution in [0.15, 0.2) is 72.8 Å². The molecule has 2 aliphatic carbocycles. The molecule has 8 nitrogen and oxygen atoms in total. The predicted molar refractivity (Wildman–Crippen MR) is 191 cm³/mol. The number of carbonyl (C=O) groups excluding carboxylic acids is 3. The number of halogens is 2. The molecule has 10 heteroatoms. The summed E-state index contributed by atoms with van der Waals surface area (Å²) in [5, 5.41) is 8.04. The van der Waals surface area contributed by atoms with Gasteiger partial charge in [0.1, 0.15) is 12.4 Å². The number of fused-ring (bicyclic) bond motifs is 1. The van der Waals surface area contributed by atoms with Crippen LogP contribution in [0.5, 0.6) is 11.5 Å². The molecule has 4 aromatic rings. The minimum atomic E-state index is -0.704. The van der Waals surface area contributed by atoms with E-state index in [-0.39, 0.29) is 57.4 Å². The molecule has 262 valence electrons. The molecule has 2 fully saturated rings. The molecule has 2 aliphatic rings. The molecule has 0 bridgehead atoms. The first-order valence-corrected chi connectivity index (χ1v) is 17.4. The second-order valence-corrected chi connectivity index (χ2v) is 14.4. The highest BCUT2D eigenvalue weighted by molar-refractivity contribution is 6.35. The fraction of sp³-hybridized carbons (Fsp3) is 0.375. The third-order valence-electron chi connectivity index (χ3n) is 10.3. The van der Waals surface area contributed by atoms with Gasteiger partial charge in [0.2, 0.25) is 0 Å². The van der Waals surface area contributed by atoms with Gasteiger partial charge >= 0.3 is 5.97 Å². The fourth-order valence-corrected chi connectivity index (χ4v) is 7.09. The van der Waals surface area contributed by atoms with Crippen molar-refractivity contribution in [1.82, 2.24) is 5.32 Å². The van der Waals surface area contributed by atoms with Crippen molar-refractivity contribution in [2.75, 3.05) is 19.0 Å². The Hall–Kier alpha value is -4.63. The Labute approximate surface area is 296 Å². The van der Waals surface area contributed by atoms with Crippen molar-refractivity contribution in [3.63, 3.8) is 0 Å². The zero-order valence-electron chi connectivity index (χ0n) is 28.6. The Bertz CT molecular complexity index is 1910. The average molecular weight is 701 g/mol. The number of benzene rings is 4. The van der Waals surface area contributed by atoms with Gasteiger partial charge in [0.05, 0.1) is 40.5 Å². The summed E-state index contributed by atoms with van der Waals surface area (Å²) in [6.45, 7) is 4.70. The number of amides is 2. The molecule has 0 atom stereocenters. The van der Waals surface area contributed by atoms with E-state index in [9.17, 15) is 14.4 Å². The molecule has 2 saturated carbocycles. The summed E-state index contributed by atoms with van der Waals surface area (Å²) in [5.41, 5.74) is 0.673. The molecule has 0 aliphatic heterocycles. The highest BCUT2D eigenvalue weighted by Crippen LogP contribution is 2.41. The third-order valence-corrected chi connectivity index (χ3v) is 10.6. The van der Waals surface area contributed by atoms with Crippen molar-refractivity contribution in [1.29, 1.82) is 0 Å². The largest absolute Gasteiger partial charge is 0.496 e. The van der Waals surface area contributed by atoms with E-state index in [1.165, 1.54) is 13.2 Å². The van der Waals surface area contributed by atoms with Crippen LogP contribution in [0.25, 0.3) is 10.8 Å². The molecule has 4 aromatic carbocycles. The van der Waals surface area contributed by atoms with Crippen LogP contribution >= 0.6 is 11.6 Å². The van der Waals surface area contributed by atoms with Gasteiger partial charge in [-0.25, -0.2) is 4.39 Å². The molecule has 50 heavy (non-hydrogen) atoms. The highest BCUT2D eigenvalue weighted by atomic mass is 35.5. The summed E-state index contributed by atoms with van der Waals surface area (Å²) in [6.07, 6.45) is 4.80. The first kappa shape index (κ1) is 35.2. The maximum Gasteiger partial charge on any atom is 0.312 e. The standard InChI is InChI=1S/C40H42ClFN2O6/c1-39(17-8-18-39)24-43-37(46)35-30(41)13-7-14-32(35)44-36(45)29-21-34(31(42)22-33(29)48-3)50-27-15-19-40(2,20-16-27)38(47)49-23-26-11-6-10-25-9-4-5-12-28(25)26/h4-7,9-14,21-22,27H,8,15-20,23-24H2,1-3H3,(H,43,46)(H,44,45)/t27-,40+. The van der Waals surface area contributed by atoms with Crippen LogP contribution in [0, 0.1) is 16.6 Å². The van der Waals surface area contributed by atoms with Gasteiger partial charge < -0.3 is 24.8 Å². The van der Waals surface area contributed by atoms with Gasteiger partial charge in [-0.05, 0) is 85.4 Å². The van der Waals surface area contributed by atoms with Crippen LogP contribution in [0.2, 0.25) is 5.02 Å². The molecule has 2 N–H and O–H groups in total. The second-order valence-electron chi connectivity index (χ2n) is 14.0. The molecule has 2 amide bonds. The van der Waals surface area contributed by atoms with E-state index in [0.717, 1.165) is 41.7 Å². The lowest BCUT2D eigenvalue weighted by Crippen LogP contribution is -2.40. The van der Waals surface area contributed by atoms with Crippen LogP contribution in [-0.2, 0) is 16.1 Å². The second kappa shape index (κ2) is 14.7. The number of methoxy groups -OCH3 is 1. The van der Waals surface area contributed by atoms with Crippen LogP contribution in [0.1, 0.15) is 85.1 Å². The Kier molecular flexibility index (Phi) is 10.3. The third kappa shape index (κ3) is 7.58. The van der Waals surface area contributed by atoms with E-state index in [0.29, 0.717) is 32.2 Å². The van der Waals surface area contributed by atoms with Gasteiger partial charge in [0.15, 0.2) is 11.6 Å². The van der Waals surface area contributed by atoms with Crippen molar-refractivity contribution in [2.24, 2.45) is 10.8 Å². The van der Waals surface area contributed by atoms with Crippen molar-refractivity contribution in [3.05, 3.63) is 100 Å². The summed E-state index contributed by atoms with van der Waals surface area (Å²) >= 11 is 6.44. The fourth-order valence-electron chi connectivity index (χ4n) is 6.83. The molecular weight excluding hydrogens is 659 g/mol. The quantitative estimate of drug-likeness (QED) is 0.152. The van der Waals surface area contributed by atoms with Crippen molar-refractivity contribution < 1.29 is 33.0 Å². The molecule has 0 heterocycles. The Morgan fingerprint density at radius 2 is 1.62 bits per heavy atom. The number of carbonyl (C=O) groups is 3. The Balaban J connectivity index is 1.10. The zero-order valence-corrected chi connectivity index (χ0v) is 29.3. The van der Waals surface area contributed by atoms with Gasteiger partial charge in [-0.1, -0.05) is 73.5 Å². The van der Waals surface area contributed by atoms with E-state index in [2.05, 4.69) is 17.6 Å². The summed E-state index contributed by atoms with van der Waals surface area (Å²) in [7, 11) is 1.34. The first-order chi connectivity index (χ1) is 24.0. The highest BCUT2D eigenvalue weighted by Gasteiger charge is 2.40. The van der Waals surface area contributed by atoms with Crippen molar-refractivity contribution >= 4 is 45.8 Å². The zero-order chi connectivity index (χ0) is 35.5. The van der Waals surface area contributed by atoms with Gasteiger partial charge in [0.25, 0.3) is 11.8 Å². The Morgan fingerprint density at radius 1 is 0.900 bits per heavy atom. The number of nitrogens with one attached hydrogen (secondary N) is 2. The smallest absolute Gasteiger partial charge is 0.312 e. The number of esters is 1. The number of ether oxygens (including phenoxy) is 3. The van der Waals surface area contributed by atoms with Gasteiger partial charge in [-0.15, -0.1) is 0 Å². The summed E-state index contributed by atoms with van der Waals surface area (Å²) < 4.78 is 32.5. The Morgan fingerprint density at radius 3 is 2.34 bits per heavy atom. The molecule has 6 rings (SSSR count). The maximum absolute atomic E-state index is 15.3. The van der Waals surface area contributed by atoms with Crippen LogP contribution in [0.3, 0.4) is 0 Å². The van der Waals surface area contributed by atoms with E-state index in [1.54, 1.807) is 18.2 Å². The molecule has 0 unspecified atom stereocenters. The average Bonchev–Trinajstić information content (AvgIpc) is 3.10. The first-order valence-electron chi connectivity index (χ1n) is 17.0. The number of rotatable bonds is 11. The van der Waals surface area contributed by atoms with Crippen molar-refractivity contribution in [3.8, 4) is 11.5 Å². The SMILES string of the molecule is COc1cc(F)c(O[C@H]2CC[C@@](C)(C(=O)OCc3cccc4ccccc34)CC2)cc1C(=O)Nc1cccc(Cl)c1C(=O)NCC1(C)CCC1. The van der Waals surface area contributed by atoms with E-state index >= 15 is 4.39 Å². The van der Waals surface area contributed by atoms with Gasteiger partial charge in [-0.2, -0.15) is 0 Å². The van der Waals surface area contributed by atoms with E-state index in [4.69, 9.17) is 25.8 Å². The van der Waals surface area contributed by atoms with E-state index < -0.39 is 23.0 Å². The van der Waals surface area contributed by atoms with Crippen LogP contribution in [-0.4, -0.2) is 37.5 Å². The lowest BCUT2D eigenvalue weighted by molar-refractivity contribution is -0.159. The van der Waals surface area contributed by atoms with E-state index in [1.807, 2.05) is 49.4 Å². The lowest BCUT2D eigenvalue weighted by atomic mass is 9.70. The van der Waals surface area contributed by atoms with Crippen LogP contribution < -0.4 is 20.1 Å².